The second-order valence-corrected chi connectivity index (χ2v) is 5.79. The molecule has 0 saturated heterocycles. The number of carbonyl (C=O) groups excluding carboxylic acids is 2. The van der Waals surface area contributed by atoms with E-state index in [0.29, 0.717) is 21.6 Å². The first-order valence-corrected chi connectivity index (χ1v) is 7.73. The summed E-state index contributed by atoms with van der Waals surface area (Å²) in [4.78, 5) is 36.2. The summed E-state index contributed by atoms with van der Waals surface area (Å²) in [6, 6.07) is 13.0. The topological polar surface area (TPSA) is 88.4 Å². The number of hydrogen-bond acceptors (Lipinski definition) is 4. The van der Waals surface area contributed by atoms with E-state index in [-0.39, 0.29) is 5.56 Å². The minimum absolute atomic E-state index is 0.236. The van der Waals surface area contributed by atoms with E-state index in [0.717, 1.165) is 5.56 Å². The van der Waals surface area contributed by atoms with Gasteiger partial charge in [-0.2, -0.15) is 0 Å². The lowest BCUT2D eigenvalue weighted by atomic mass is 10.1. The second kappa shape index (κ2) is 6.78. The molecule has 0 saturated carbocycles. The van der Waals surface area contributed by atoms with Crippen LogP contribution in [0.25, 0.3) is 11.0 Å². The molecule has 0 bridgehead atoms. The molecule has 0 fully saturated rings. The van der Waals surface area contributed by atoms with Crippen molar-refractivity contribution in [1.82, 2.24) is 10.9 Å². The molecule has 1 aromatic heterocycles. The average molecular weight is 357 g/mol. The maximum atomic E-state index is 12.2. The zero-order chi connectivity index (χ0) is 18.0. The molecule has 0 atom stereocenters. The van der Waals surface area contributed by atoms with Gasteiger partial charge in [0.2, 0.25) is 0 Å². The molecule has 3 rings (SSSR count). The van der Waals surface area contributed by atoms with E-state index < -0.39 is 17.4 Å². The molecule has 2 N–H and O–H groups in total. The van der Waals surface area contributed by atoms with Crippen molar-refractivity contribution in [2.75, 3.05) is 0 Å². The highest BCUT2D eigenvalue weighted by Gasteiger charge is 2.15. The van der Waals surface area contributed by atoms with Gasteiger partial charge in [0.25, 0.3) is 11.8 Å². The van der Waals surface area contributed by atoms with Gasteiger partial charge in [-0.05, 0) is 42.8 Å². The van der Waals surface area contributed by atoms with Crippen LogP contribution in [-0.2, 0) is 0 Å². The molecule has 3 aromatic rings. The van der Waals surface area contributed by atoms with Gasteiger partial charge in [-0.15, -0.1) is 0 Å². The number of aryl methyl sites for hydroxylation is 1. The second-order valence-electron chi connectivity index (χ2n) is 5.35. The van der Waals surface area contributed by atoms with Crippen molar-refractivity contribution in [3.8, 4) is 0 Å². The van der Waals surface area contributed by atoms with Crippen LogP contribution in [0.1, 0.15) is 26.3 Å². The Labute approximate surface area is 147 Å². The molecular weight excluding hydrogens is 344 g/mol. The summed E-state index contributed by atoms with van der Waals surface area (Å²) in [6.07, 6.45) is 0. The third kappa shape index (κ3) is 3.54. The Morgan fingerprint density at radius 2 is 1.64 bits per heavy atom. The Bertz CT molecular complexity index is 1040. The number of hydrogen-bond donors (Lipinski definition) is 2. The van der Waals surface area contributed by atoms with Gasteiger partial charge >= 0.3 is 5.63 Å². The molecule has 0 aliphatic carbocycles. The first kappa shape index (κ1) is 16.7. The highest BCUT2D eigenvalue weighted by Crippen LogP contribution is 2.18. The summed E-state index contributed by atoms with van der Waals surface area (Å²) >= 11 is 5.90. The number of nitrogens with one attached hydrogen (secondary N) is 2. The van der Waals surface area contributed by atoms with Gasteiger partial charge in [0.15, 0.2) is 0 Å². The van der Waals surface area contributed by atoms with Crippen molar-refractivity contribution in [3.05, 3.63) is 80.7 Å². The van der Waals surface area contributed by atoms with Crippen LogP contribution < -0.4 is 16.5 Å². The molecule has 0 aliphatic rings. The third-order valence-corrected chi connectivity index (χ3v) is 3.85. The summed E-state index contributed by atoms with van der Waals surface area (Å²) in [5.74, 6) is -1.27. The van der Waals surface area contributed by atoms with Crippen LogP contribution in [0.15, 0.2) is 57.7 Å². The van der Waals surface area contributed by atoms with Crippen molar-refractivity contribution in [3.63, 3.8) is 0 Å². The first-order chi connectivity index (χ1) is 12.0. The van der Waals surface area contributed by atoms with Crippen LogP contribution in [0.3, 0.4) is 0 Å². The van der Waals surface area contributed by atoms with E-state index in [1.807, 2.05) is 0 Å². The third-order valence-electron chi connectivity index (χ3n) is 3.62. The van der Waals surface area contributed by atoms with Gasteiger partial charge in [-0.25, -0.2) is 4.79 Å². The van der Waals surface area contributed by atoms with Gasteiger partial charge < -0.3 is 4.42 Å². The van der Waals surface area contributed by atoms with Crippen LogP contribution in [0.4, 0.5) is 0 Å². The van der Waals surface area contributed by atoms with Crippen molar-refractivity contribution in [2.45, 2.75) is 6.92 Å². The summed E-state index contributed by atoms with van der Waals surface area (Å²) in [5.41, 5.74) is 4.94. The predicted octanol–water partition coefficient (Wildman–Crippen LogP) is 2.83. The zero-order valence-electron chi connectivity index (χ0n) is 13.1. The molecule has 0 spiro atoms. The van der Waals surface area contributed by atoms with Crippen molar-refractivity contribution in [1.29, 1.82) is 0 Å². The monoisotopic (exact) mass is 356 g/mol. The van der Waals surface area contributed by atoms with Crippen molar-refractivity contribution >= 4 is 34.4 Å². The summed E-state index contributed by atoms with van der Waals surface area (Å²) < 4.78 is 5.09. The number of amides is 2. The zero-order valence-corrected chi connectivity index (χ0v) is 13.9. The number of carbonyl (C=O) groups is 2. The molecule has 0 radical (unpaired) electrons. The average Bonchev–Trinajstić information content (AvgIpc) is 2.59. The normalized spacial score (nSPS) is 10.5. The number of halogens is 1. The Morgan fingerprint density at radius 1 is 0.960 bits per heavy atom. The van der Waals surface area contributed by atoms with Crippen molar-refractivity contribution in [2.24, 2.45) is 0 Å². The van der Waals surface area contributed by atoms with Gasteiger partial charge in [-0.1, -0.05) is 29.8 Å². The lowest BCUT2D eigenvalue weighted by Gasteiger charge is -2.09. The van der Waals surface area contributed by atoms with E-state index in [2.05, 4.69) is 10.9 Å². The predicted molar refractivity (Wildman–Crippen MR) is 93.6 cm³/mol. The van der Waals surface area contributed by atoms with Crippen LogP contribution in [0.2, 0.25) is 5.02 Å². The smallest absolute Gasteiger partial charge is 0.349 e. The van der Waals surface area contributed by atoms with Gasteiger partial charge in [0, 0.05) is 16.0 Å². The molecule has 2 aromatic carbocycles. The quantitative estimate of drug-likeness (QED) is 0.546. The minimum Gasteiger partial charge on any atom is -0.422 e. The fourth-order valence-corrected chi connectivity index (χ4v) is 2.51. The number of benzene rings is 2. The van der Waals surface area contributed by atoms with E-state index in [1.165, 1.54) is 6.07 Å². The molecule has 1 heterocycles. The lowest BCUT2D eigenvalue weighted by molar-refractivity contribution is 0.0844. The van der Waals surface area contributed by atoms with E-state index in [1.54, 1.807) is 49.4 Å². The largest absolute Gasteiger partial charge is 0.422 e. The van der Waals surface area contributed by atoms with Crippen LogP contribution in [0, 0.1) is 6.92 Å². The minimum atomic E-state index is -0.808. The molecular formula is C18H13ClN2O4. The highest BCUT2D eigenvalue weighted by molar-refractivity contribution is 6.31. The standard InChI is InChI=1S/C18H13ClN2O4/c1-10-4-2-3-5-13(10)16(22)20-21-17(23)14-9-11-8-12(19)6-7-15(11)25-18(14)24/h2-9H,1H3,(H,20,22)(H,21,23). The fourth-order valence-electron chi connectivity index (χ4n) is 2.33. The Balaban J connectivity index is 1.80. The SMILES string of the molecule is Cc1ccccc1C(=O)NNC(=O)c1cc2cc(Cl)ccc2oc1=O. The van der Waals surface area contributed by atoms with Gasteiger partial charge in [0.05, 0.1) is 0 Å². The molecule has 7 heteroatoms. The van der Waals surface area contributed by atoms with Crippen LogP contribution in [-0.4, -0.2) is 11.8 Å². The Hall–Kier alpha value is -3.12. The fraction of sp³-hybridized carbons (Fsp3) is 0.0556. The molecule has 25 heavy (non-hydrogen) atoms. The number of fused-ring (bicyclic) bond motifs is 1. The summed E-state index contributed by atoms with van der Waals surface area (Å²) in [6.45, 7) is 1.78. The molecule has 0 unspecified atom stereocenters. The Morgan fingerprint density at radius 3 is 2.36 bits per heavy atom. The molecule has 6 nitrogen and oxygen atoms in total. The van der Waals surface area contributed by atoms with Gasteiger partial charge in [-0.3, -0.25) is 20.4 Å². The maximum Gasteiger partial charge on any atom is 0.349 e. The van der Waals surface area contributed by atoms with Crippen molar-refractivity contribution < 1.29 is 14.0 Å². The van der Waals surface area contributed by atoms with Crippen LogP contribution >= 0.6 is 11.6 Å². The van der Waals surface area contributed by atoms with Crippen LogP contribution in [0.5, 0.6) is 0 Å². The summed E-state index contributed by atoms with van der Waals surface area (Å²) in [7, 11) is 0. The first-order valence-electron chi connectivity index (χ1n) is 7.35. The Kier molecular flexibility index (Phi) is 4.54. The molecule has 126 valence electrons. The maximum absolute atomic E-state index is 12.2. The molecule has 2 amide bonds. The number of hydrazine groups is 1. The highest BCUT2D eigenvalue weighted by atomic mass is 35.5. The van der Waals surface area contributed by atoms with E-state index in [9.17, 15) is 14.4 Å². The number of rotatable bonds is 2. The molecule has 0 aliphatic heterocycles. The summed E-state index contributed by atoms with van der Waals surface area (Å²) in [5, 5.41) is 0.947. The lowest BCUT2D eigenvalue weighted by Crippen LogP contribution is -2.43. The van der Waals surface area contributed by atoms with E-state index in [4.69, 9.17) is 16.0 Å². The van der Waals surface area contributed by atoms with E-state index >= 15 is 0 Å². The van der Waals surface area contributed by atoms with Gasteiger partial charge in [0.1, 0.15) is 11.1 Å².